The van der Waals surface area contributed by atoms with Gasteiger partial charge in [-0.05, 0) is 40.2 Å². The standard InChI is InChI=1S/C14H9BrCl2N2O4/c1-23-13-3-2-7(4-8(13)15)14(20)18-11-5-10(17)12(19(21)22)6-9(11)16/h2-6H,1H3,(H,18,20). The van der Waals surface area contributed by atoms with E-state index in [1.165, 1.54) is 13.2 Å². The molecular formula is C14H9BrCl2N2O4. The van der Waals surface area contributed by atoms with Crippen LogP contribution in [-0.2, 0) is 0 Å². The lowest BCUT2D eigenvalue weighted by Gasteiger charge is -2.09. The summed E-state index contributed by atoms with van der Waals surface area (Å²) < 4.78 is 5.70. The first kappa shape index (κ1) is 17.5. The zero-order valence-electron chi connectivity index (χ0n) is 11.6. The molecule has 0 heterocycles. The maximum Gasteiger partial charge on any atom is 0.289 e. The molecule has 0 aliphatic rings. The molecule has 0 saturated carbocycles. The van der Waals surface area contributed by atoms with Crippen molar-refractivity contribution in [2.45, 2.75) is 0 Å². The number of amides is 1. The fourth-order valence-corrected chi connectivity index (χ4v) is 2.75. The number of nitrogens with one attached hydrogen (secondary N) is 1. The van der Waals surface area contributed by atoms with Crippen LogP contribution in [0.15, 0.2) is 34.8 Å². The van der Waals surface area contributed by atoms with Crippen molar-refractivity contribution in [1.29, 1.82) is 0 Å². The Morgan fingerprint density at radius 2 is 1.96 bits per heavy atom. The van der Waals surface area contributed by atoms with Crippen molar-refractivity contribution in [1.82, 2.24) is 0 Å². The Hall–Kier alpha value is -1.83. The highest BCUT2D eigenvalue weighted by Crippen LogP contribution is 2.34. The van der Waals surface area contributed by atoms with E-state index in [-0.39, 0.29) is 21.4 Å². The Bertz CT molecular complexity index is 799. The van der Waals surface area contributed by atoms with Crippen LogP contribution in [0.5, 0.6) is 5.75 Å². The number of carbonyl (C=O) groups excluding carboxylic acids is 1. The molecular weight excluding hydrogens is 411 g/mol. The van der Waals surface area contributed by atoms with E-state index < -0.39 is 10.8 Å². The van der Waals surface area contributed by atoms with Gasteiger partial charge in [-0.15, -0.1) is 0 Å². The summed E-state index contributed by atoms with van der Waals surface area (Å²) in [6, 6.07) is 7.10. The van der Waals surface area contributed by atoms with E-state index >= 15 is 0 Å². The van der Waals surface area contributed by atoms with Gasteiger partial charge >= 0.3 is 0 Å². The molecule has 0 aliphatic carbocycles. The van der Waals surface area contributed by atoms with Gasteiger partial charge in [0.15, 0.2) is 0 Å². The number of methoxy groups -OCH3 is 1. The average Bonchev–Trinajstić information content (AvgIpc) is 2.50. The number of ether oxygens (including phenoxy) is 1. The number of benzene rings is 2. The second-order valence-corrected chi connectivity index (χ2v) is 6.01. The van der Waals surface area contributed by atoms with Gasteiger partial charge in [0.25, 0.3) is 11.6 Å². The molecule has 0 aromatic heterocycles. The molecule has 0 bridgehead atoms. The second kappa shape index (κ2) is 7.16. The summed E-state index contributed by atoms with van der Waals surface area (Å²) in [7, 11) is 1.51. The minimum absolute atomic E-state index is 0.0158. The first-order chi connectivity index (χ1) is 10.8. The van der Waals surface area contributed by atoms with E-state index in [9.17, 15) is 14.9 Å². The largest absolute Gasteiger partial charge is 0.496 e. The van der Waals surface area contributed by atoms with E-state index in [0.717, 1.165) is 6.07 Å². The van der Waals surface area contributed by atoms with Gasteiger partial charge in [-0.2, -0.15) is 0 Å². The van der Waals surface area contributed by atoms with Gasteiger partial charge < -0.3 is 10.1 Å². The topological polar surface area (TPSA) is 81.5 Å². The molecule has 0 unspecified atom stereocenters. The van der Waals surface area contributed by atoms with Gasteiger partial charge in [0.2, 0.25) is 0 Å². The lowest BCUT2D eigenvalue weighted by atomic mass is 10.2. The van der Waals surface area contributed by atoms with Crippen LogP contribution in [0.25, 0.3) is 0 Å². The van der Waals surface area contributed by atoms with Crippen LogP contribution in [0.4, 0.5) is 11.4 Å². The predicted molar refractivity (Wildman–Crippen MR) is 91.8 cm³/mol. The molecule has 9 heteroatoms. The molecule has 0 fully saturated rings. The van der Waals surface area contributed by atoms with Gasteiger partial charge in [-0.25, -0.2) is 0 Å². The number of anilines is 1. The number of hydrogen-bond acceptors (Lipinski definition) is 4. The van der Waals surface area contributed by atoms with Gasteiger partial charge in [0.1, 0.15) is 10.8 Å². The third-order valence-electron chi connectivity index (χ3n) is 2.90. The second-order valence-electron chi connectivity index (χ2n) is 4.34. The van der Waals surface area contributed by atoms with Gasteiger partial charge in [0.05, 0.1) is 27.2 Å². The highest BCUT2D eigenvalue weighted by atomic mass is 79.9. The van der Waals surface area contributed by atoms with E-state index in [1.54, 1.807) is 18.2 Å². The Morgan fingerprint density at radius 1 is 1.26 bits per heavy atom. The number of rotatable bonds is 4. The normalized spacial score (nSPS) is 10.3. The molecule has 0 aliphatic heterocycles. The number of nitro groups is 1. The fourth-order valence-electron chi connectivity index (χ4n) is 1.77. The molecule has 0 radical (unpaired) electrons. The van der Waals surface area contributed by atoms with Crippen LogP contribution in [-0.4, -0.2) is 17.9 Å². The smallest absolute Gasteiger partial charge is 0.289 e. The van der Waals surface area contributed by atoms with E-state index in [0.29, 0.717) is 15.8 Å². The molecule has 0 spiro atoms. The van der Waals surface area contributed by atoms with Crippen molar-refractivity contribution < 1.29 is 14.5 Å². The van der Waals surface area contributed by atoms with Crippen molar-refractivity contribution in [3.63, 3.8) is 0 Å². The van der Waals surface area contributed by atoms with Crippen molar-refractivity contribution in [2.75, 3.05) is 12.4 Å². The van der Waals surface area contributed by atoms with Gasteiger partial charge in [-0.3, -0.25) is 14.9 Å². The summed E-state index contributed by atoms with van der Waals surface area (Å²) in [5.74, 6) is 0.137. The Morgan fingerprint density at radius 3 is 2.52 bits per heavy atom. The lowest BCUT2D eigenvalue weighted by Crippen LogP contribution is -2.12. The summed E-state index contributed by atoms with van der Waals surface area (Å²) in [6.07, 6.45) is 0. The van der Waals surface area contributed by atoms with Crippen molar-refractivity contribution in [3.05, 3.63) is 60.5 Å². The SMILES string of the molecule is COc1ccc(C(=O)Nc2cc(Cl)c([N+](=O)[O-])cc2Cl)cc1Br. The summed E-state index contributed by atoms with van der Waals surface area (Å²) in [5, 5.41) is 13.2. The molecule has 0 saturated heterocycles. The van der Waals surface area contributed by atoms with Gasteiger partial charge in [-0.1, -0.05) is 23.2 Å². The molecule has 2 rings (SSSR count). The molecule has 23 heavy (non-hydrogen) atoms. The van der Waals surface area contributed by atoms with Crippen LogP contribution >= 0.6 is 39.1 Å². The minimum atomic E-state index is -0.652. The van der Waals surface area contributed by atoms with Crippen LogP contribution in [0, 0.1) is 10.1 Å². The molecule has 2 aromatic rings. The fraction of sp³-hybridized carbons (Fsp3) is 0.0714. The highest BCUT2D eigenvalue weighted by molar-refractivity contribution is 9.10. The van der Waals surface area contributed by atoms with Gasteiger partial charge in [0, 0.05) is 11.6 Å². The summed E-state index contributed by atoms with van der Waals surface area (Å²) in [5.41, 5.74) is 0.198. The summed E-state index contributed by atoms with van der Waals surface area (Å²) in [6.45, 7) is 0. The minimum Gasteiger partial charge on any atom is -0.496 e. The van der Waals surface area contributed by atoms with Crippen LogP contribution in [0.3, 0.4) is 0 Å². The molecule has 2 aromatic carbocycles. The molecule has 6 nitrogen and oxygen atoms in total. The number of halogens is 3. The lowest BCUT2D eigenvalue weighted by molar-refractivity contribution is -0.384. The third kappa shape index (κ3) is 3.93. The Labute approximate surface area is 149 Å². The molecule has 120 valence electrons. The summed E-state index contributed by atoms with van der Waals surface area (Å²) >= 11 is 15.0. The van der Waals surface area contributed by atoms with E-state index in [4.69, 9.17) is 27.9 Å². The van der Waals surface area contributed by atoms with Crippen molar-refractivity contribution >= 4 is 56.4 Å². The zero-order valence-corrected chi connectivity index (χ0v) is 14.7. The number of carbonyl (C=O) groups is 1. The van der Waals surface area contributed by atoms with Crippen LogP contribution < -0.4 is 10.1 Å². The van der Waals surface area contributed by atoms with Crippen molar-refractivity contribution in [3.8, 4) is 5.75 Å². The summed E-state index contributed by atoms with van der Waals surface area (Å²) in [4.78, 5) is 22.4. The third-order valence-corrected chi connectivity index (χ3v) is 4.13. The maximum absolute atomic E-state index is 12.2. The predicted octanol–water partition coefficient (Wildman–Crippen LogP) is 4.93. The first-order valence-electron chi connectivity index (χ1n) is 6.11. The first-order valence-corrected chi connectivity index (χ1v) is 7.66. The molecule has 1 N–H and O–H groups in total. The monoisotopic (exact) mass is 418 g/mol. The number of hydrogen-bond donors (Lipinski definition) is 1. The Balaban J connectivity index is 2.28. The van der Waals surface area contributed by atoms with E-state index in [2.05, 4.69) is 21.2 Å². The van der Waals surface area contributed by atoms with Crippen LogP contribution in [0.2, 0.25) is 10.0 Å². The molecule has 1 amide bonds. The number of nitro benzene ring substituents is 1. The highest BCUT2D eigenvalue weighted by Gasteiger charge is 2.18. The quantitative estimate of drug-likeness (QED) is 0.562. The van der Waals surface area contributed by atoms with Crippen LogP contribution in [0.1, 0.15) is 10.4 Å². The molecule has 0 atom stereocenters. The van der Waals surface area contributed by atoms with E-state index in [1.807, 2.05) is 0 Å². The maximum atomic E-state index is 12.2. The van der Waals surface area contributed by atoms with Crippen molar-refractivity contribution in [2.24, 2.45) is 0 Å². The number of nitrogens with zero attached hydrogens (tertiary/aromatic N) is 1. The average molecular weight is 420 g/mol. The zero-order chi connectivity index (χ0) is 17.1. The Kier molecular flexibility index (Phi) is 5.46.